The van der Waals surface area contributed by atoms with E-state index in [-0.39, 0.29) is 0 Å². The zero-order valence-corrected chi connectivity index (χ0v) is 10.3. The average Bonchev–Trinajstić information content (AvgIpc) is 2.40. The summed E-state index contributed by atoms with van der Waals surface area (Å²) in [6.45, 7) is 4.66. The molecule has 2 bridgehead atoms. The van der Waals surface area contributed by atoms with Gasteiger partial charge < -0.3 is 0 Å². The van der Waals surface area contributed by atoms with Gasteiger partial charge in [-0.1, -0.05) is 25.5 Å². The van der Waals surface area contributed by atoms with Gasteiger partial charge in [0.1, 0.15) is 0 Å². The number of fused-ring (bicyclic) bond motifs is 2. The van der Waals surface area contributed by atoms with Gasteiger partial charge in [0.15, 0.2) is 0 Å². The van der Waals surface area contributed by atoms with E-state index >= 15 is 0 Å². The lowest BCUT2D eigenvalue weighted by Crippen LogP contribution is -2.38. The van der Waals surface area contributed by atoms with Crippen molar-refractivity contribution in [2.45, 2.75) is 45.2 Å². The molecular weight excluding hydrogens is 190 g/mol. The third-order valence-corrected chi connectivity index (χ3v) is 4.14. The summed E-state index contributed by atoms with van der Waals surface area (Å²) < 4.78 is 0. The summed E-state index contributed by atoms with van der Waals surface area (Å²) in [7, 11) is 0. The Morgan fingerprint density at radius 2 is 2.29 bits per heavy atom. The summed E-state index contributed by atoms with van der Waals surface area (Å²) in [5.41, 5.74) is 1.70. The molecule has 1 fully saturated rings. The number of hydrogen-bond acceptors (Lipinski definition) is 2. The fourth-order valence-electron chi connectivity index (χ4n) is 2.73. The van der Waals surface area contributed by atoms with Gasteiger partial charge in [-0.2, -0.15) is 0 Å². The van der Waals surface area contributed by atoms with E-state index in [9.17, 15) is 0 Å². The Morgan fingerprint density at radius 3 is 2.86 bits per heavy atom. The van der Waals surface area contributed by atoms with Gasteiger partial charge in [0.25, 0.3) is 0 Å². The van der Waals surface area contributed by atoms with E-state index in [0.29, 0.717) is 0 Å². The molecule has 1 saturated heterocycles. The molecule has 0 aliphatic carbocycles. The van der Waals surface area contributed by atoms with Crippen LogP contribution in [0.15, 0.2) is 11.6 Å². The maximum atomic E-state index is 2.69. The van der Waals surface area contributed by atoms with Crippen molar-refractivity contribution in [3.63, 3.8) is 0 Å². The summed E-state index contributed by atoms with van der Waals surface area (Å²) in [5.74, 6) is 1.98. The second-order valence-corrected chi connectivity index (χ2v) is 5.67. The largest absolute Gasteiger partial charge is 0.284 e. The van der Waals surface area contributed by atoms with Crippen LogP contribution < -0.4 is 0 Å². The molecule has 2 aliphatic heterocycles. The first-order valence-electron chi connectivity index (χ1n) is 5.67. The molecule has 2 unspecified atom stereocenters. The highest BCUT2D eigenvalue weighted by atomic mass is 32.2. The molecule has 0 amide bonds. The van der Waals surface area contributed by atoms with Crippen molar-refractivity contribution in [3.05, 3.63) is 11.6 Å². The van der Waals surface area contributed by atoms with E-state index in [1.807, 2.05) is 11.8 Å². The van der Waals surface area contributed by atoms with Gasteiger partial charge in [-0.25, -0.2) is 0 Å². The van der Waals surface area contributed by atoms with Gasteiger partial charge in [0.05, 0.1) is 0 Å². The van der Waals surface area contributed by atoms with Gasteiger partial charge in [-0.3, -0.25) is 4.90 Å². The van der Waals surface area contributed by atoms with Crippen LogP contribution in [0, 0.1) is 5.92 Å². The molecule has 0 spiro atoms. The van der Waals surface area contributed by atoms with Crippen molar-refractivity contribution in [3.8, 4) is 0 Å². The highest BCUT2D eigenvalue weighted by Crippen LogP contribution is 2.37. The zero-order valence-electron chi connectivity index (χ0n) is 9.49. The third kappa shape index (κ3) is 1.87. The van der Waals surface area contributed by atoms with E-state index in [4.69, 9.17) is 0 Å². The third-order valence-electron chi connectivity index (χ3n) is 3.59. The maximum absolute atomic E-state index is 2.69. The second-order valence-electron chi connectivity index (χ2n) is 4.83. The molecule has 2 heteroatoms. The van der Waals surface area contributed by atoms with Gasteiger partial charge >= 0.3 is 0 Å². The molecule has 2 aliphatic rings. The molecule has 2 atom stereocenters. The first-order valence-corrected chi connectivity index (χ1v) is 7.07. The molecular formula is C12H21NS. The summed E-state index contributed by atoms with van der Waals surface area (Å²) in [6.07, 6.45) is 8.89. The van der Waals surface area contributed by atoms with E-state index in [1.165, 1.54) is 25.1 Å². The Morgan fingerprint density at radius 1 is 1.50 bits per heavy atom. The monoisotopic (exact) mass is 211 g/mol. The summed E-state index contributed by atoms with van der Waals surface area (Å²) in [6, 6.07) is 1.62. The van der Waals surface area contributed by atoms with Gasteiger partial charge in [-0.05, 0) is 31.4 Å². The van der Waals surface area contributed by atoms with E-state index in [1.54, 1.807) is 5.57 Å². The highest BCUT2D eigenvalue weighted by Gasteiger charge is 2.36. The van der Waals surface area contributed by atoms with E-state index in [0.717, 1.165) is 18.0 Å². The standard InChI is InChI=1S/C12H21NS/c1-9(2)10-6-11-4-5-12(7-10)13(11)8-14-3/h6,9,11-12H,4-5,7-8H2,1-3H3. The Balaban J connectivity index is 2.09. The predicted molar refractivity (Wildman–Crippen MR) is 64.6 cm³/mol. The molecule has 2 heterocycles. The lowest BCUT2D eigenvalue weighted by molar-refractivity contribution is 0.238. The summed E-state index contributed by atoms with van der Waals surface area (Å²) >= 11 is 1.96. The van der Waals surface area contributed by atoms with Crippen molar-refractivity contribution in [2.24, 2.45) is 5.92 Å². The smallest absolute Gasteiger partial charge is 0.0450 e. The Bertz CT molecular complexity index is 234. The second kappa shape index (κ2) is 4.28. The van der Waals surface area contributed by atoms with Crippen molar-refractivity contribution < 1.29 is 0 Å². The first-order chi connectivity index (χ1) is 6.72. The zero-order chi connectivity index (χ0) is 10.1. The van der Waals surface area contributed by atoms with E-state index < -0.39 is 0 Å². The minimum atomic E-state index is 0.759. The number of thioether (sulfide) groups is 1. The molecule has 0 N–H and O–H groups in total. The van der Waals surface area contributed by atoms with Crippen LogP contribution in [0.1, 0.15) is 33.1 Å². The van der Waals surface area contributed by atoms with Crippen molar-refractivity contribution in [1.82, 2.24) is 4.90 Å². The first kappa shape index (κ1) is 10.6. The topological polar surface area (TPSA) is 3.24 Å². The van der Waals surface area contributed by atoms with Crippen molar-refractivity contribution >= 4 is 11.8 Å². The molecule has 14 heavy (non-hydrogen) atoms. The van der Waals surface area contributed by atoms with Crippen LogP contribution in [0.4, 0.5) is 0 Å². The van der Waals surface area contributed by atoms with Crippen LogP contribution in [-0.2, 0) is 0 Å². The fraction of sp³-hybridized carbons (Fsp3) is 0.833. The Labute approximate surface area is 91.9 Å². The average molecular weight is 211 g/mol. The maximum Gasteiger partial charge on any atom is 0.0450 e. The van der Waals surface area contributed by atoms with Crippen molar-refractivity contribution in [2.75, 3.05) is 12.1 Å². The summed E-state index contributed by atoms with van der Waals surface area (Å²) in [4.78, 5) is 2.69. The quantitative estimate of drug-likeness (QED) is 0.660. The summed E-state index contributed by atoms with van der Waals surface area (Å²) in [5, 5.41) is 0. The molecule has 80 valence electrons. The number of rotatable bonds is 3. The highest BCUT2D eigenvalue weighted by molar-refractivity contribution is 7.98. The van der Waals surface area contributed by atoms with Crippen molar-refractivity contribution in [1.29, 1.82) is 0 Å². The van der Waals surface area contributed by atoms with Crippen LogP contribution in [-0.4, -0.2) is 29.1 Å². The molecule has 0 aromatic heterocycles. The van der Waals surface area contributed by atoms with Gasteiger partial charge in [0.2, 0.25) is 0 Å². The number of hydrogen-bond donors (Lipinski definition) is 0. The predicted octanol–water partition coefficient (Wildman–Crippen LogP) is 3.13. The Hall–Kier alpha value is 0.0500. The minimum Gasteiger partial charge on any atom is -0.284 e. The molecule has 2 rings (SSSR count). The lowest BCUT2D eigenvalue weighted by atomic mass is 9.93. The SMILES string of the molecule is CSCN1C2C=C(C(C)C)CC1CC2. The molecule has 0 saturated carbocycles. The van der Waals surface area contributed by atoms with Crippen LogP contribution >= 0.6 is 11.8 Å². The van der Waals surface area contributed by atoms with Crippen LogP contribution in [0.25, 0.3) is 0 Å². The lowest BCUT2D eigenvalue weighted by Gasteiger charge is -2.34. The fourth-order valence-corrected chi connectivity index (χ4v) is 3.43. The molecule has 0 radical (unpaired) electrons. The molecule has 0 aromatic carbocycles. The number of nitrogens with zero attached hydrogens (tertiary/aromatic N) is 1. The van der Waals surface area contributed by atoms with Crippen LogP contribution in [0.3, 0.4) is 0 Å². The van der Waals surface area contributed by atoms with Crippen LogP contribution in [0.5, 0.6) is 0 Å². The van der Waals surface area contributed by atoms with Crippen LogP contribution in [0.2, 0.25) is 0 Å². The van der Waals surface area contributed by atoms with E-state index in [2.05, 4.69) is 31.1 Å². The Kier molecular flexibility index (Phi) is 3.23. The molecule has 1 nitrogen and oxygen atoms in total. The van der Waals surface area contributed by atoms with Gasteiger partial charge in [-0.15, -0.1) is 11.8 Å². The van der Waals surface area contributed by atoms with Gasteiger partial charge in [0, 0.05) is 18.0 Å². The minimum absolute atomic E-state index is 0.759. The molecule has 0 aromatic rings. The normalized spacial score (nSPS) is 32.4.